The van der Waals surface area contributed by atoms with Crippen molar-refractivity contribution in [3.05, 3.63) is 65.8 Å². The number of aromatic nitrogens is 3. The second-order valence-electron chi connectivity index (χ2n) is 5.97. The van der Waals surface area contributed by atoms with E-state index in [0.717, 1.165) is 38.4 Å². The molecule has 0 atom stereocenters. The van der Waals surface area contributed by atoms with Crippen LogP contribution in [-0.2, 0) is 5.75 Å². The monoisotopic (exact) mass is 409 g/mol. The van der Waals surface area contributed by atoms with E-state index in [0.29, 0.717) is 11.5 Å². The van der Waals surface area contributed by atoms with Gasteiger partial charge < -0.3 is 14.5 Å². The standard InChI is InChI=1S/C21H19N3O2S2/c1-25-18-9-8-15(10-19(18)26-2)20-23-16(12-27-20)13-28-21-22-11-17(24-21)14-6-4-3-5-7-14/h3-12H,13H2,1-2H3,(H,22,24). The molecule has 7 heteroatoms. The van der Waals surface area contributed by atoms with Crippen LogP contribution < -0.4 is 9.47 Å². The zero-order valence-corrected chi connectivity index (χ0v) is 17.1. The van der Waals surface area contributed by atoms with E-state index in [1.807, 2.05) is 42.6 Å². The van der Waals surface area contributed by atoms with Gasteiger partial charge in [0.15, 0.2) is 16.7 Å². The van der Waals surface area contributed by atoms with Crippen molar-refractivity contribution < 1.29 is 9.47 Å². The number of thioether (sulfide) groups is 1. The average molecular weight is 410 g/mol. The van der Waals surface area contributed by atoms with Crippen molar-refractivity contribution in [1.29, 1.82) is 0 Å². The number of hydrogen-bond donors (Lipinski definition) is 1. The Morgan fingerprint density at radius 2 is 1.82 bits per heavy atom. The molecule has 2 aromatic heterocycles. The van der Waals surface area contributed by atoms with Crippen LogP contribution in [0.5, 0.6) is 11.5 Å². The predicted octanol–water partition coefficient (Wildman–Crippen LogP) is 5.51. The minimum Gasteiger partial charge on any atom is -0.493 e. The van der Waals surface area contributed by atoms with E-state index in [4.69, 9.17) is 14.5 Å². The van der Waals surface area contributed by atoms with Crippen molar-refractivity contribution in [2.24, 2.45) is 0 Å². The largest absolute Gasteiger partial charge is 0.493 e. The van der Waals surface area contributed by atoms with Gasteiger partial charge in [0.1, 0.15) is 5.01 Å². The van der Waals surface area contributed by atoms with Crippen molar-refractivity contribution >= 4 is 23.1 Å². The zero-order chi connectivity index (χ0) is 19.3. The molecule has 0 saturated heterocycles. The lowest BCUT2D eigenvalue weighted by atomic mass is 10.2. The second kappa shape index (κ2) is 8.50. The summed E-state index contributed by atoms with van der Waals surface area (Å²) in [5.41, 5.74) is 4.19. The summed E-state index contributed by atoms with van der Waals surface area (Å²) in [4.78, 5) is 12.6. The van der Waals surface area contributed by atoms with Gasteiger partial charge in [-0.05, 0) is 23.8 Å². The topological polar surface area (TPSA) is 60.0 Å². The molecular formula is C21H19N3O2S2. The van der Waals surface area contributed by atoms with E-state index in [2.05, 4.69) is 27.5 Å². The minimum atomic E-state index is 0.704. The molecule has 5 nitrogen and oxygen atoms in total. The molecule has 0 aliphatic heterocycles. The number of rotatable bonds is 7. The fourth-order valence-corrected chi connectivity index (χ4v) is 4.42. The lowest BCUT2D eigenvalue weighted by Crippen LogP contribution is -1.90. The first-order chi connectivity index (χ1) is 13.8. The highest BCUT2D eigenvalue weighted by Crippen LogP contribution is 2.34. The SMILES string of the molecule is COc1ccc(-c2nc(CSc3ncc(-c4ccccc4)[nH]3)cs2)cc1OC. The first-order valence-electron chi connectivity index (χ1n) is 8.67. The fraction of sp³-hybridized carbons (Fsp3) is 0.143. The van der Waals surface area contributed by atoms with Gasteiger partial charge in [0, 0.05) is 16.7 Å². The summed E-state index contributed by atoms with van der Waals surface area (Å²) in [5.74, 6) is 2.17. The lowest BCUT2D eigenvalue weighted by Gasteiger charge is -2.08. The van der Waals surface area contributed by atoms with Gasteiger partial charge >= 0.3 is 0 Å². The Hall–Kier alpha value is -2.77. The van der Waals surface area contributed by atoms with Crippen molar-refractivity contribution in [2.45, 2.75) is 10.9 Å². The molecule has 0 amide bonds. The van der Waals surface area contributed by atoms with Crippen molar-refractivity contribution in [1.82, 2.24) is 15.0 Å². The van der Waals surface area contributed by atoms with Gasteiger partial charge in [0.25, 0.3) is 0 Å². The predicted molar refractivity (Wildman–Crippen MR) is 114 cm³/mol. The maximum absolute atomic E-state index is 5.38. The highest BCUT2D eigenvalue weighted by atomic mass is 32.2. The van der Waals surface area contributed by atoms with Crippen molar-refractivity contribution in [3.8, 4) is 33.3 Å². The number of nitrogens with zero attached hydrogens (tertiary/aromatic N) is 2. The van der Waals surface area contributed by atoms with Crippen LogP contribution in [-0.4, -0.2) is 29.2 Å². The van der Waals surface area contributed by atoms with Crippen LogP contribution in [0.4, 0.5) is 0 Å². The zero-order valence-electron chi connectivity index (χ0n) is 15.5. The Bertz CT molecular complexity index is 1060. The Labute approximate surface area is 171 Å². The van der Waals surface area contributed by atoms with Crippen LogP contribution in [0.1, 0.15) is 5.69 Å². The molecule has 142 valence electrons. The summed E-state index contributed by atoms with van der Waals surface area (Å²) in [5, 5.41) is 3.93. The molecule has 4 aromatic rings. The quantitative estimate of drug-likeness (QED) is 0.408. The van der Waals surface area contributed by atoms with Gasteiger partial charge in [-0.15, -0.1) is 11.3 Å². The first-order valence-corrected chi connectivity index (χ1v) is 10.5. The van der Waals surface area contributed by atoms with Gasteiger partial charge in [-0.2, -0.15) is 0 Å². The second-order valence-corrected chi connectivity index (χ2v) is 7.79. The molecule has 2 aromatic carbocycles. The maximum atomic E-state index is 5.38. The molecule has 28 heavy (non-hydrogen) atoms. The molecule has 0 aliphatic rings. The van der Waals surface area contributed by atoms with E-state index in [1.165, 1.54) is 0 Å². The van der Waals surface area contributed by atoms with Crippen LogP contribution >= 0.6 is 23.1 Å². The Balaban J connectivity index is 1.44. The number of aromatic amines is 1. The summed E-state index contributed by atoms with van der Waals surface area (Å²) >= 11 is 3.27. The maximum Gasteiger partial charge on any atom is 0.166 e. The molecule has 0 unspecified atom stereocenters. The van der Waals surface area contributed by atoms with Crippen molar-refractivity contribution in [2.75, 3.05) is 14.2 Å². The Kier molecular flexibility index (Phi) is 5.64. The Morgan fingerprint density at radius 3 is 2.61 bits per heavy atom. The van der Waals surface area contributed by atoms with Gasteiger partial charge in [-0.25, -0.2) is 9.97 Å². The summed E-state index contributed by atoms with van der Waals surface area (Å²) in [6, 6.07) is 16.0. The number of H-pyrrole nitrogens is 1. The van der Waals surface area contributed by atoms with Gasteiger partial charge in [-0.1, -0.05) is 42.1 Å². The number of nitrogens with one attached hydrogen (secondary N) is 1. The summed E-state index contributed by atoms with van der Waals surface area (Å²) in [6.07, 6.45) is 1.87. The molecule has 0 radical (unpaired) electrons. The lowest BCUT2D eigenvalue weighted by molar-refractivity contribution is 0.355. The van der Waals surface area contributed by atoms with E-state index >= 15 is 0 Å². The van der Waals surface area contributed by atoms with Crippen LogP contribution in [0.15, 0.2) is 65.3 Å². The molecule has 0 bridgehead atoms. The highest BCUT2D eigenvalue weighted by Gasteiger charge is 2.11. The van der Waals surface area contributed by atoms with E-state index in [9.17, 15) is 0 Å². The molecule has 0 aliphatic carbocycles. The number of hydrogen-bond acceptors (Lipinski definition) is 6. The normalized spacial score (nSPS) is 10.8. The van der Waals surface area contributed by atoms with E-state index < -0.39 is 0 Å². The summed E-state index contributed by atoms with van der Waals surface area (Å²) in [7, 11) is 3.27. The third kappa shape index (κ3) is 4.05. The number of methoxy groups -OCH3 is 2. The van der Waals surface area contributed by atoms with Crippen LogP contribution in [0, 0.1) is 0 Å². The molecule has 1 N–H and O–H groups in total. The van der Waals surface area contributed by atoms with Gasteiger partial charge in [0.2, 0.25) is 0 Å². The van der Waals surface area contributed by atoms with Gasteiger partial charge in [-0.3, -0.25) is 0 Å². The molecule has 0 fully saturated rings. The third-order valence-electron chi connectivity index (χ3n) is 4.18. The molecular weight excluding hydrogens is 390 g/mol. The first kappa shape index (κ1) is 18.6. The summed E-state index contributed by atoms with van der Waals surface area (Å²) < 4.78 is 10.7. The van der Waals surface area contributed by atoms with Crippen LogP contribution in [0.2, 0.25) is 0 Å². The van der Waals surface area contributed by atoms with Gasteiger partial charge in [0.05, 0.1) is 31.8 Å². The van der Waals surface area contributed by atoms with Crippen molar-refractivity contribution in [3.63, 3.8) is 0 Å². The molecule has 2 heterocycles. The number of benzene rings is 2. The Morgan fingerprint density at radius 1 is 1.00 bits per heavy atom. The minimum absolute atomic E-state index is 0.704. The third-order valence-corrected chi connectivity index (χ3v) is 6.04. The number of thiazole rings is 1. The van der Waals surface area contributed by atoms with E-state index in [1.54, 1.807) is 37.3 Å². The number of imidazole rings is 1. The fourth-order valence-electron chi connectivity index (χ4n) is 2.76. The smallest absolute Gasteiger partial charge is 0.166 e. The van der Waals surface area contributed by atoms with E-state index in [-0.39, 0.29) is 0 Å². The van der Waals surface area contributed by atoms with Crippen LogP contribution in [0.25, 0.3) is 21.8 Å². The molecule has 0 spiro atoms. The number of ether oxygens (including phenoxy) is 2. The summed E-state index contributed by atoms with van der Waals surface area (Å²) in [6.45, 7) is 0. The molecule has 0 saturated carbocycles. The van der Waals surface area contributed by atoms with Crippen LogP contribution in [0.3, 0.4) is 0 Å². The molecule has 4 rings (SSSR count). The highest BCUT2D eigenvalue weighted by molar-refractivity contribution is 7.98. The average Bonchev–Trinajstić information content (AvgIpc) is 3.42.